The van der Waals surface area contributed by atoms with Gasteiger partial charge < -0.3 is 15.1 Å². The average Bonchev–Trinajstić information content (AvgIpc) is 2.88. The number of piperidine rings is 1. The highest BCUT2D eigenvalue weighted by atomic mass is 32.2. The lowest BCUT2D eigenvalue weighted by Gasteiger charge is -2.37. The van der Waals surface area contributed by atoms with E-state index in [9.17, 15) is 31.1 Å². The SMILES string of the molecule is O=C(CCN1CCN(c2ccc(C(F)(F)F)nc2)CC1)N1CCCC(Nc2ccc(SC(F)(F)F)cc2)C1. The van der Waals surface area contributed by atoms with Crippen LogP contribution in [0.3, 0.4) is 0 Å². The van der Waals surface area contributed by atoms with E-state index in [0.29, 0.717) is 57.9 Å². The number of benzene rings is 1. The molecule has 0 aliphatic carbocycles. The van der Waals surface area contributed by atoms with E-state index in [-0.39, 0.29) is 28.6 Å². The van der Waals surface area contributed by atoms with Crippen molar-refractivity contribution in [3.05, 3.63) is 48.3 Å². The van der Waals surface area contributed by atoms with E-state index in [1.807, 2.05) is 9.80 Å². The van der Waals surface area contributed by atoms with E-state index in [1.54, 1.807) is 12.1 Å². The van der Waals surface area contributed by atoms with E-state index in [2.05, 4.69) is 15.2 Å². The molecule has 1 amide bonds. The number of halogens is 6. The molecule has 0 spiro atoms. The minimum absolute atomic E-state index is 0.0229. The summed E-state index contributed by atoms with van der Waals surface area (Å²) in [6.07, 6.45) is -1.13. The fourth-order valence-electron chi connectivity index (χ4n) is 4.69. The predicted octanol–water partition coefficient (Wildman–Crippen LogP) is 5.33. The molecule has 208 valence electrons. The van der Waals surface area contributed by atoms with Crippen LogP contribution in [0.2, 0.25) is 0 Å². The minimum atomic E-state index is -4.46. The first kappa shape index (κ1) is 28.3. The molecular formula is C25H29F6N5OS. The molecule has 2 aliphatic rings. The fourth-order valence-corrected chi connectivity index (χ4v) is 5.23. The maximum atomic E-state index is 12.9. The van der Waals surface area contributed by atoms with Crippen molar-refractivity contribution in [3.8, 4) is 0 Å². The molecule has 1 aromatic heterocycles. The number of alkyl halides is 6. The lowest BCUT2D eigenvalue weighted by Crippen LogP contribution is -2.49. The third kappa shape index (κ3) is 8.16. The predicted molar refractivity (Wildman–Crippen MR) is 134 cm³/mol. The van der Waals surface area contributed by atoms with Gasteiger partial charge in [0.05, 0.1) is 11.9 Å². The lowest BCUT2D eigenvalue weighted by molar-refractivity contribution is -0.141. The molecule has 2 aliphatic heterocycles. The second-order valence-electron chi connectivity index (χ2n) is 9.37. The van der Waals surface area contributed by atoms with Gasteiger partial charge in [0.15, 0.2) is 0 Å². The Balaban J connectivity index is 1.19. The third-order valence-corrected chi connectivity index (χ3v) is 7.39. The number of piperazine rings is 1. The molecule has 13 heteroatoms. The van der Waals surface area contributed by atoms with E-state index in [1.165, 1.54) is 24.4 Å². The number of amides is 1. The van der Waals surface area contributed by atoms with Crippen LogP contribution >= 0.6 is 11.8 Å². The van der Waals surface area contributed by atoms with Crippen LogP contribution in [0.4, 0.5) is 37.7 Å². The molecule has 4 rings (SSSR count). The molecule has 3 heterocycles. The van der Waals surface area contributed by atoms with Crippen LogP contribution in [0.15, 0.2) is 47.5 Å². The number of rotatable bonds is 7. The maximum absolute atomic E-state index is 12.9. The Bertz CT molecular complexity index is 1060. The number of hydrogen-bond donors (Lipinski definition) is 1. The number of thioether (sulfide) groups is 1. The van der Waals surface area contributed by atoms with Crippen LogP contribution in [0.25, 0.3) is 0 Å². The van der Waals surface area contributed by atoms with Crippen LogP contribution in [0.5, 0.6) is 0 Å². The molecule has 1 atom stereocenters. The van der Waals surface area contributed by atoms with Crippen LogP contribution in [-0.2, 0) is 11.0 Å². The van der Waals surface area contributed by atoms with Gasteiger partial charge in [0.25, 0.3) is 0 Å². The molecular weight excluding hydrogens is 532 g/mol. The molecule has 1 N–H and O–H groups in total. The van der Waals surface area contributed by atoms with Crippen molar-refractivity contribution in [2.24, 2.45) is 0 Å². The van der Waals surface area contributed by atoms with Crippen molar-refractivity contribution in [2.45, 2.75) is 41.9 Å². The van der Waals surface area contributed by atoms with Gasteiger partial charge in [-0.25, -0.2) is 4.98 Å². The number of nitrogens with zero attached hydrogens (tertiary/aromatic N) is 4. The third-order valence-electron chi connectivity index (χ3n) is 6.65. The van der Waals surface area contributed by atoms with Gasteiger partial charge in [-0.3, -0.25) is 9.69 Å². The standard InChI is InChI=1S/C25H29F6N5OS/c26-24(27,28)22-8-5-20(16-32-22)35-14-12-34(13-15-35)11-9-23(37)36-10-1-2-19(17-36)33-18-3-6-21(7-4-18)38-25(29,30)31/h3-8,16,19,33H,1-2,9-15,17H2. The smallest absolute Gasteiger partial charge is 0.381 e. The summed E-state index contributed by atoms with van der Waals surface area (Å²) < 4.78 is 75.7. The number of pyridine rings is 1. The first-order valence-electron chi connectivity index (χ1n) is 12.4. The molecule has 2 saturated heterocycles. The van der Waals surface area contributed by atoms with E-state index >= 15 is 0 Å². The summed E-state index contributed by atoms with van der Waals surface area (Å²) in [5.41, 5.74) is -3.87. The maximum Gasteiger partial charge on any atom is 0.446 e. The highest BCUT2D eigenvalue weighted by Crippen LogP contribution is 2.37. The lowest BCUT2D eigenvalue weighted by atomic mass is 10.0. The van der Waals surface area contributed by atoms with Gasteiger partial charge in [-0.15, -0.1) is 0 Å². The van der Waals surface area contributed by atoms with Crippen molar-refractivity contribution in [3.63, 3.8) is 0 Å². The summed E-state index contributed by atoms with van der Waals surface area (Å²) in [4.78, 5) is 22.5. The first-order chi connectivity index (χ1) is 18.0. The van der Waals surface area contributed by atoms with Gasteiger partial charge in [-0.05, 0) is 61.0 Å². The fraction of sp³-hybridized carbons (Fsp3) is 0.520. The number of hydrogen-bond acceptors (Lipinski definition) is 6. The molecule has 0 radical (unpaired) electrons. The van der Waals surface area contributed by atoms with Crippen molar-refractivity contribution in [1.29, 1.82) is 0 Å². The molecule has 0 saturated carbocycles. The summed E-state index contributed by atoms with van der Waals surface area (Å²) in [5, 5.41) is 3.33. The molecule has 6 nitrogen and oxygen atoms in total. The van der Waals surface area contributed by atoms with Crippen molar-refractivity contribution >= 4 is 29.0 Å². The Morgan fingerprint density at radius 2 is 1.68 bits per heavy atom. The highest BCUT2D eigenvalue weighted by Gasteiger charge is 2.32. The Kier molecular flexibility index (Phi) is 8.96. The number of carbonyl (C=O) groups excluding carboxylic acids is 1. The Morgan fingerprint density at radius 3 is 2.29 bits per heavy atom. The van der Waals surface area contributed by atoms with Crippen LogP contribution in [-0.4, -0.2) is 78.1 Å². The molecule has 2 aromatic rings. The topological polar surface area (TPSA) is 51.7 Å². The summed E-state index contributed by atoms with van der Waals surface area (Å²) in [5.74, 6) is 0.0581. The van der Waals surface area contributed by atoms with Crippen molar-refractivity contribution in [1.82, 2.24) is 14.8 Å². The van der Waals surface area contributed by atoms with Gasteiger partial charge in [0.2, 0.25) is 5.91 Å². The summed E-state index contributed by atoms with van der Waals surface area (Å²) in [6.45, 7) is 4.47. The number of carbonyl (C=O) groups is 1. The molecule has 1 aromatic carbocycles. The zero-order valence-electron chi connectivity index (χ0n) is 20.6. The summed E-state index contributed by atoms with van der Waals surface area (Å²) in [7, 11) is 0. The molecule has 0 bridgehead atoms. The molecule has 2 fully saturated rings. The van der Waals surface area contributed by atoms with Gasteiger partial charge >= 0.3 is 11.7 Å². The second-order valence-corrected chi connectivity index (χ2v) is 10.5. The van der Waals surface area contributed by atoms with Gasteiger partial charge in [-0.2, -0.15) is 26.3 Å². The van der Waals surface area contributed by atoms with Crippen LogP contribution in [0.1, 0.15) is 25.0 Å². The zero-order chi connectivity index (χ0) is 27.3. The first-order valence-corrected chi connectivity index (χ1v) is 13.2. The van der Waals surface area contributed by atoms with Crippen molar-refractivity contribution in [2.75, 3.05) is 56.0 Å². The Labute approximate surface area is 221 Å². The average molecular weight is 562 g/mol. The number of anilines is 2. The Hall–Kier alpha value is -2.67. The number of nitrogens with one attached hydrogen (secondary N) is 1. The Morgan fingerprint density at radius 1 is 0.974 bits per heavy atom. The van der Waals surface area contributed by atoms with E-state index < -0.39 is 17.4 Å². The molecule has 38 heavy (non-hydrogen) atoms. The monoisotopic (exact) mass is 561 g/mol. The quantitative estimate of drug-likeness (QED) is 0.365. The van der Waals surface area contributed by atoms with Gasteiger partial charge in [-0.1, -0.05) is 0 Å². The highest BCUT2D eigenvalue weighted by molar-refractivity contribution is 8.00. The normalized spacial score (nSPS) is 19.5. The number of aromatic nitrogens is 1. The van der Waals surface area contributed by atoms with Gasteiger partial charge in [0, 0.05) is 68.9 Å². The molecule has 1 unspecified atom stereocenters. The number of likely N-dealkylation sites (tertiary alicyclic amines) is 1. The van der Waals surface area contributed by atoms with Crippen LogP contribution in [0, 0.1) is 0 Å². The van der Waals surface area contributed by atoms with Crippen molar-refractivity contribution < 1.29 is 31.1 Å². The van der Waals surface area contributed by atoms with Gasteiger partial charge in [0.1, 0.15) is 5.69 Å². The minimum Gasteiger partial charge on any atom is -0.381 e. The van der Waals surface area contributed by atoms with E-state index in [0.717, 1.165) is 24.6 Å². The zero-order valence-corrected chi connectivity index (χ0v) is 21.4. The van der Waals surface area contributed by atoms with Crippen LogP contribution < -0.4 is 10.2 Å². The summed E-state index contributed by atoms with van der Waals surface area (Å²) >= 11 is -0.150. The largest absolute Gasteiger partial charge is 0.446 e. The van der Waals surface area contributed by atoms with E-state index in [4.69, 9.17) is 0 Å². The second kappa shape index (κ2) is 12.0. The summed E-state index contributed by atoms with van der Waals surface area (Å²) in [6, 6.07) is 8.55.